The van der Waals surface area contributed by atoms with Crippen molar-refractivity contribution in [3.05, 3.63) is 54.4 Å². The molecule has 1 aromatic heterocycles. The number of carboxylic acids is 1. The quantitative estimate of drug-likeness (QED) is 0.827. The van der Waals surface area contributed by atoms with Gasteiger partial charge in [0, 0.05) is 23.7 Å². The largest absolute Gasteiger partial charge is 0.478 e. The Labute approximate surface area is 115 Å². The summed E-state index contributed by atoms with van der Waals surface area (Å²) in [6, 6.07) is 9.49. The Balaban J connectivity index is 2.38. The fourth-order valence-electron chi connectivity index (χ4n) is 1.72. The molecule has 1 heterocycles. The van der Waals surface area contributed by atoms with Gasteiger partial charge in [-0.25, -0.2) is 18.4 Å². The van der Waals surface area contributed by atoms with Crippen LogP contribution in [0.4, 0.5) is 0 Å². The van der Waals surface area contributed by atoms with Gasteiger partial charge in [0.05, 0.1) is 4.90 Å². The highest BCUT2D eigenvalue weighted by Gasteiger charge is 2.08. The summed E-state index contributed by atoms with van der Waals surface area (Å²) >= 11 is 0. The fraction of sp³-hybridized carbons (Fsp3) is 0. The molecule has 2 rings (SSSR count). The number of carbonyl (C=O) groups is 1. The maximum absolute atomic E-state index is 11.2. The van der Waals surface area contributed by atoms with Gasteiger partial charge in [0.1, 0.15) is 0 Å². The number of carboxylic acid groups (broad SMARTS) is 1. The highest BCUT2D eigenvalue weighted by atomic mass is 32.2. The molecule has 104 valence electrons. The molecule has 0 aliphatic carbocycles. The lowest BCUT2D eigenvalue weighted by molar-refractivity contribution is -0.131. The summed E-state index contributed by atoms with van der Waals surface area (Å²) in [5, 5.41) is 13.6. The molecule has 6 nitrogen and oxygen atoms in total. The van der Waals surface area contributed by atoms with Crippen LogP contribution in [0.1, 0.15) is 5.69 Å². The van der Waals surface area contributed by atoms with Crippen molar-refractivity contribution in [3.8, 4) is 5.69 Å². The third kappa shape index (κ3) is 3.14. The maximum Gasteiger partial charge on any atom is 0.328 e. The van der Waals surface area contributed by atoms with E-state index in [1.807, 2.05) is 0 Å². The average molecular weight is 292 g/mol. The molecule has 0 amide bonds. The van der Waals surface area contributed by atoms with Gasteiger partial charge in [-0.15, -0.1) is 0 Å². The van der Waals surface area contributed by atoms with Crippen LogP contribution in [0, 0.1) is 0 Å². The molecule has 0 atom stereocenters. The lowest BCUT2D eigenvalue weighted by Crippen LogP contribution is -2.12. The molecular formula is C13H12N2O4S. The Bertz CT molecular complexity index is 758. The average Bonchev–Trinajstić information content (AvgIpc) is 2.83. The van der Waals surface area contributed by atoms with Crippen molar-refractivity contribution in [1.29, 1.82) is 0 Å². The first-order valence-corrected chi connectivity index (χ1v) is 7.14. The number of aromatic nitrogens is 1. The molecule has 0 aliphatic rings. The summed E-state index contributed by atoms with van der Waals surface area (Å²) in [5.74, 6) is -1.04. The van der Waals surface area contributed by atoms with E-state index in [4.69, 9.17) is 10.2 Å². The second-order valence-corrected chi connectivity index (χ2v) is 5.57. The summed E-state index contributed by atoms with van der Waals surface area (Å²) in [5.41, 5.74) is 1.36. The zero-order valence-corrected chi connectivity index (χ0v) is 11.1. The second kappa shape index (κ2) is 5.32. The van der Waals surface area contributed by atoms with Crippen molar-refractivity contribution in [1.82, 2.24) is 4.57 Å². The minimum atomic E-state index is -3.72. The molecule has 0 bridgehead atoms. The van der Waals surface area contributed by atoms with Crippen molar-refractivity contribution in [2.75, 3.05) is 0 Å². The van der Waals surface area contributed by atoms with Gasteiger partial charge in [-0.2, -0.15) is 0 Å². The van der Waals surface area contributed by atoms with Crippen molar-refractivity contribution in [2.24, 2.45) is 5.14 Å². The lowest BCUT2D eigenvalue weighted by Gasteiger charge is -2.07. The highest BCUT2D eigenvalue weighted by Crippen LogP contribution is 2.16. The first-order valence-electron chi connectivity index (χ1n) is 5.59. The summed E-state index contributed by atoms with van der Waals surface area (Å²) < 4.78 is 24.1. The Morgan fingerprint density at radius 2 is 1.85 bits per heavy atom. The SMILES string of the molecule is NS(=O)(=O)c1ccc(-n2cccc2/C=C/C(=O)O)cc1. The monoisotopic (exact) mass is 292 g/mol. The number of nitrogens with two attached hydrogens (primary N) is 1. The van der Waals surface area contributed by atoms with E-state index in [9.17, 15) is 13.2 Å². The molecule has 1 aromatic carbocycles. The van der Waals surface area contributed by atoms with Crippen LogP contribution in [0.25, 0.3) is 11.8 Å². The third-order valence-corrected chi connectivity index (χ3v) is 3.55. The molecule has 0 fully saturated rings. The number of nitrogens with zero attached hydrogens (tertiary/aromatic N) is 1. The van der Waals surface area contributed by atoms with Crippen molar-refractivity contribution < 1.29 is 18.3 Å². The number of primary sulfonamides is 1. The van der Waals surface area contributed by atoms with E-state index in [2.05, 4.69) is 0 Å². The number of rotatable bonds is 4. The van der Waals surface area contributed by atoms with Gasteiger partial charge < -0.3 is 9.67 Å². The van der Waals surface area contributed by atoms with E-state index >= 15 is 0 Å². The lowest BCUT2D eigenvalue weighted by atomic mass is 10.3. The smallest absolute Gasteiger partial charge is 0.328 e. The number of hydrogen-bond acceptors (Lipinski definition) is 3. The van der Waals surface area contributed by atoms with Crippen molar-refractivity contribution in [3.63, 3.8) is 0 Å². The molecule has 0 unspecified atom stereocenters. The van der Waals surface area contributed by atoms with Crippen LogP contribution < -0.4 is 5.14 Å². The fourth-order valence-corrected chi connectivity index (χ4v) is 2.23. The van der Waals surface area contributed by atoms with Crippen LogP contribution in [0.2, 0.25) is 0 Å². The topological polar surface area (TPSA) is 102 Å². The maximum atomic E-state index is 11.2. The Morgan fingerprint density at radius 1 is 1.20 bits per heavy atom. The summed E-state index contributed by atoms with van der Waals surface area (Å²) in [6.45, 7) is 0. The minimum Gasteiger partial charge on any atom is -0.478 e. The van der Waals surface area contributed by atoms with Gasteiger partial charge in [-0.1, -0.05) is 0 Å². The van der Waals surface area contributed by atoms with Gasteiger partial charge in [0.25, 0.3) is 0 Å². The molecule has 0 spiro atoms. The Hall–Kier alpha value is -2.38. The third-order valence-electron chi connectivity index (χ3n) is 2.62. The molecular weight excluding hydrogens is 280 g/mol. The molecule has 2 aromatic rings. The number of hydrogen-bond donors (Lipinski definition) is 2. The van der Waals surface area contributed by atoms with Crippen LogP contribution in [0.15, 0.2) is 53.6 Å². The van der Waals surface area contributed by atoms with Gasteiger partial charge >= 0.3 is 5.97 Å². The second-order valence-electron chi connectivity index (χ2n) is 4.01. The van der Waals surface area contributed by atoms with Crippen LogP contribution in [0.3, 0.4) is 0 Å². The van der Waals surface area contributed by atoms with Crippen LogP contribution in [-0.4, -0.2) is 24.1 Å². The number of benzene rings is 1. The first-order chi connectivity index (χ1) is 9.38. The first kappa shape index (κ1) is 14.0. The van der Waals surface area contributed by atoms with Crippen molar-refractivity contribution >= 4 is 22.1 Å². The molecule has 20 heavy (non-hydrogen) atoms. The minimum absolute atomic E-state index is 0.0241. The molecule has 7 heteroatoms. The highest BCUT2D eigenvalue weighted by molar-refractivity contribution is 7.89. The predicted molar refractivity (Wildman–Crippen MR) is 73.8 cm³/mol. The predicted octanol–water partition coefficient (Wildman–Crippen LogP) is 1.22. The van der Waals surface area contributed by atoms with Gasteiger partial charge in [0.15, 0.2) is 0 Å². The summed E-state index contributed by atoms with van der Waals surface area (Å²) in [7, 11) is -3.72. The number of aliphatic carboxylic acids is 1. The summed E-state index contributed by atoms with van der Waals surface area (Å²) in [6.07, 6.45) is 4.23. The Kier molecular flexibility index (Phi) is 3.73. The number of sulfonamides is 1. The molecule has 3 N–H and O–H groups in total. The molecule has 0 radical (unpaired) electrons. The van der Waals surface area contributed by atoms with E-state index in [0.717, 1.165) is 6.08 Å². The zero-order chi connectivity index (χ0) is 14.8. The standard InChI is InChI=1S/C13H12N2O4S/c14-20(18,19)12-6-3-11(4-7-12)15-9-1-2-10(15)5-8-13(16)17/h1-9H,(H,16,17)(H2,14,18,19)/b8-5+. The zero-order valence-electron chi connectivity index (χ0n) is 10.3. The van der Waals surface area contributed by atoms with Gasteiger partial charge in [-0.05, 0) is 42.5 Å². The van der Waals surface area contributed by atoms with Crippen LogP contribution in [0.5, 0.6) is 0 Å². The Morgan fingerprint density at radius 3 is 2.40 bits per heavy atom. The van der Waals surface area contributed by atoms with E-state index in [0.29, 0.717) is 11.4 Å². The van der Waals surface area contributed by atoms with Gasteiger partial charge in [0.2, 0.25) is 10.0 Å². The van der Waals surface area contributed by atoms with Crippen LogP contribution >= 0.6 is 0 Å². The van der Waals surface area contributed by atoms with Gasteiger partial charge in [-0.3, -0.25) is 0 Å². The van der Waals surface area contributed by atoms with Crippen LogP contribution in [-0.2, 0) is 14.8 Å². The van der Waals surface area contributed by atoms with Crippen molar-refractivity contribution in [2.45, 2.75) is 4.90 Å². The molecule has 0 aliphatic heterocycles. The van der Waals surface area contributed by atoms with E-state index < -0.39 is 16.0 Å². The summed E-state index contributed by atoms with van der Waals surface area (Å²) in [4.78, 5) is 10.5. The van der Waals surface area contributed by atoms with E-state index in [1.165, 1.54) is 18.2 Å². The van der Waals surface area contributed by atoms with E-state index in [1.54, 1.807) is 35.0 Å². The normalized spacial score (nSPS) is 11.8. The van der Waals surface area contributed by atoms with E-state index in [-0.39, 0.29) is 4.90 Å². The molecule has 0 saturated carbocycles. The molecule has 0 saturated heterocycles.